The maximum atomic E-state index is 11.9. The second kappa shape index (κ2) is 8.00. The topological polar surface area (TPSA) is 61.8 Å². The van der Waals surface area contributed by atoms with Crippen molar-refractivity contribution in [3.05, 3.63) is 29.8 Å². The third-order valence-electron chi connectivity index (χ3n) is 3.66. The van der Waals surface area contributed by atoms with Crippen LogP contribution in [0.3, 0.4) is 0 Å². The van der Waals surface area contributed by atoms with Crippen molar-refractivity contribution in [1.29, 1.82) is 0 Å². The Bertz CT molecular complexity index is 459. The molecule has 0 aliphatic carbocycles. The maximum Gasteiger partial charge on any atom is 0.224 e. The molecule has 1 amide bonds. The first kappa shape index (κ1) is 15.8. The summed E-state index contributed by atoms with van der Waals surface area (Å²) < 4.78 is 5.32. The van der Waals surface area contributed by atoms with Crippen LogP contribution >= 0.6 is 0 Å². The number of nitrogens with one attached hydrogen (secondary N) is 1. The van der Waals surface area contributed by atoms with Crippen molar-refractivity contribution in [2.75, 3.05) is 39.4 Å². The van der Waals surface area contributed by atoms with Crippen molar-refractivity contribution >= 4 is 5.91 Å². The number of phenolic OH excluding ortho intramolecular Hbond substituents is 1. The molecule has 1 heterocycles. The average molecular weight is 292 g/mol. The molecule has 0 aromatic heterocycles. The number of nitrogens with zero attached hydrogens (tertiary/aromatic N) is 1. The Labute approximate surface area is 125 Å². The SMILES string of the molecule is C[C@@H](CNC(=O)Cc1ccccc1O)CN1CCOCC1. The predicted molar refractivity (Wildman–Crippen MR) is 81.2 cm³/mol. The van der Waals surface area contributed by atoms with Crippen molar-refractivity contribution in [3.63, 3.8) is 0 Å². The van der Waals surface area contributed by atoms with Gasteiger partial charge in [0.25, 0.3) is 0 Å². The Morgan fingerprint density at radius 2 is 2.10 bits per heavy atom. The average Bonchev–Trinajstić information content (AvgIpc) is 2.49. The van der Waals surface area contributed by atoms with E-state index in [9.17, 15) is 9.90 Å². The Kier molecular flexibility index (Phi) is 6.02. The minimum absolute atomic E-state index is 0.0506. The Morgan fingerprint density at radius 3 is 2.81 bits per heavy atom. The number of carbonyl (C=O) groups is 1. The van der Waals surface area contributed by atoms with Crippen LogP contribution in [0.25, 0.3) is 0 Å². The van der Waals surface area contributed by atoms with Crippen molar-refractivity contribution in [2.45, 2.75) is 13.3 Å². The summed E-state index contributed by atoms with van der Waals surface area (Å²) in [5.41, 5.74) is 0.663. The van der Waals surface area contributed by atoms with Gasteiger partial charge in [-0.25, -0.2) is 0 Å². The number of aromatic hydroxyl groups is 1. The summed E-state index contributed by atoms with van der Waals surface area (Å²) >= 11 is 0. The Balaban J connectivity index is 1.69. The van der Waals surface area contributed by atoms with E-state index in [1.165, 1.54) is 0 Å². The first-order valence-corrected chi connectivity index (χ1v) is 7.49. The van der Waals surface area contributed by atoms with E-state index in [4.69, 9.17) is 4.74 Å². The van der Waals surface area contributed by atoms with Crippen molar-refractivity contribution in [3.8, 4) is 5.75 Å². The lowest BCUT2D eigenvalue weighted by atomic mass is 10.1. The standard InChI is InChI=1S/C16H24N2O3/c1-13(12-18-6-8-21-9-7-18)11-17-16(20)10-14-4-2-3-5-15(14)19/h2-5,13,19H,6-12H2,1H3,(H,17,20)/t13-/m0/s1. The molecular formula is C16H24N2O3. The normalized spacial score (nSPS) is 17.4. The number of hydrogen-bond donors (Lipinski definition) is 2. The fourth-order valence-corrected chi connectivity index (χ4v) is 2.47. The Morgan fingerprint density at radius 1 is 1.38 bits per heavy atom. The molecule has 1 aromatic rings. The van der Waals surface area contributed by atoms with Gasteiger partial charge in [0.05, 0.1) is 19.6 Å². The van der Waals surface area contributed by atoms with Gasteiger partial charge in [0.2, 0.25) is 5.91 Å². The smallest absolute Gasteiger partial charge is 0.224 e. The molecule has 1 aliphatic rings. The molecule has 0 radical (unpaired) electrons. The highest BCUT2D eigenvalue weighted by molar-refractivity contribution is 5.79. The molecule has 0 spiro atoms. The minimum Gasteiger partial charge on any atom is -0.508 e. The van der Waals surface area contributed by atoms with E-state index in [1.807, 2.05) is 6.07 Å². The van der Waals surface area contributed by atoms with Gasteiger partial charge in [-0.3, -0.25) is 9.69 Å². The number of phenols is 1. The molecule has 5 heteroatoms. The minimum atomic E-state index is -0.0506. The van der Waals surface area contributed by atoms with Crippen LogP contribution in [0.5, 0.6) is 5.75 Å². The molecule has 2 N–H and O–H groups in total. The van der Waals surface area contributed by atoms with Gasteiger partial charge >= 0.3 is 0 Å². The highest BCUT2D eigenvalue weighted by atomic mass is 16.5. The van der Waals surface area contributed by atoms with Crippen LogP contribution in [0, 0.1) is 5.92 Å². The molecule has 5 nitrogen and oxygen atoms in total. The number of para-hydroxylation sites is 1. The number of carbonyl (C=O) groups excluding carboxylic acids is 1. The largest absolute Gasteiger partial charge is 0.508 e. The van der Waals surface area contributed by atoms with Crippen molar-refractivity contribution in [1.82, 2.24) is 10.2 Å². The third-order valence-corrected chi connectivity index (χ3v) is 3.66. The zero-order chi connectivity index (χ0) is 15.1. The van der Waals surface area contributed by atoms with E-state index >= 15 is 0 Å². The van der Waals surface area contributed by atoms with E-state index in [-0.39, 0.29) is 18.1 Å². The quantitative estimate of drug-likeness (QED) is 0.822. The van der Waals surface area contributed by atoms with Gasteiger partial charge < -0.3 is 15.2 Å². The third kappa shape index (κ3) is 5.36. The molecule has 21 heavy (non-hydrogen) atoms. The fourth-order valence-electron chi connectivity index (χ4n) is 2.47. The van der Waals surface area contributed by atoms with E-state index in [0.717, 1.165) is 32.8 Å². The summed E-state index contributed by atoms with van der Waals surface area (Å²) in [7, 11) is 0. The molecule has 1 aliphatic heterocycles. The van der Waals surface area contributed by atoms with Gasteiger partial charge in [0.15, 0.2) is 0 Å². The van der Waals surface area contributed by atoms with Gasteiger partial charge in [-0.15, -0.1) is 0 Å². The van der Waals surface area contributed by atoms with Crippen molar-refractivity contribution < 1.29 is 14.6 Å². The van der Waals surface area contributed by atoms with Crippen LogP contribution in [0.15, 0.2) is 24.3 Å². The molecule has 116 valence electrons. The summed E-state index contributed by atoms with van der Waals surface area (Å²) in [5, 5.41) is 12.6. The highest BCUT2D eigenvalue weighted by Crippen LogP contribution is 2.15. The Hall–Kier alpha value is -1.59. The molecular weight excluding hydrogens is 268 g/mol. The van der Waals surface area contributed by atoms with Crippen LogP contribution in [0.2, 0.25) is 0 Å². The van der Waals surface area contributed by atoms with Gasteiger partial charge in [0, 0.05) is 31.7 Å². The van der Waals surface area contributed by atoms with Gasteiger partial charge in [-0.1, -0.05) is 25.1 Å². The number of amides is 1. The summed E-state index contributed by atoms with van der Waals surface area (Å²) in [6, 6.07) is 6.94. The molecule has 0 unspecified atom stereocenters. The molecule has 0 saturated carbocycles. The number of rotatable bonds is 6. The lowest BCUT2D eigenvalue weighted by molar-refractivity contribution is -0.120. The van der Waals surface area contributed by atoms with Gasteiger partial charge in [-0.2, -0.15) is 0 Å². The van der Waals surface area contributed by atoms with Gasteiger partial charge in [-0.05, 0) is 12.0 Å². The van der Waals surface area contributed by atoms with E-state index in [0.29, 0.717) is 18.0 Å². The lowest BCUT2D eigenvalue weighted by Crippen LogP contribution is -2.41. The second-order valence-corrected chi connectivity index (χ2v) is 5.63. The van der Waals surface area contributed by atoms with Crippen LogP contribution in [-0.4, -0.2) is 55.3 Å². The maximum absolute atomic E-state index is 11.9. The van der Waals surface area contributed by atoms with E-state index in [2.05, 4.69) is 17.1 Å². The number of morpholine rings is 1. The molecule has 1 aromatic carbocycles. The van der Waals surface area contributed by atoms with Crippen molar-refractivity contribution in [2.24, 2.45) is 5.92 Å². The predicted octanol–water partition coefficient (Wildman–Crippen LogP) is 1.02. The number of ether oxygens (including phenoxy) is 1. The molecule has 1 saturated heterocycles. The highest BCUT2D eigenvalue weighted by Gasteiger charge is 2.14. The first-order valence-electron chi connectivity index (χ1n) is 7.49. The summed E-state index contributed by atoms with van der Waals surface area (Å²) in [6.07, 6.45) is 0.219. The first-order chi connectivity index (χ1) is 10.1. The molecule has 1 atom stereocenters. The molecule has 0 bridgehead atoms. The van der Waals surface area contributed by atoms with E-state index < -0.39 is 0 Å². The lowest BCUT2D eigenvalue weighted by Gasteiger charge is -2.29. The molecule has 2 rings (SSSR count). The fraction of sp³-hybridized carbons (Fsp3) is 0.562. The summed E-state index contributed by atoms with van der Waals surface area (Å²) in [4.78, 5) is 14.3. The van der Waals surface area contributed by atoms with Gasteiger partial charge in [0.1, 0.15) is 5.75 Å². The summed E-state index contributed by atoms with van der Waals surface area (Å²) in [6.45, 7) is 7.30. The second-order valence-electron chi connectivity index (χ2n) is 5.63. The summed E-state index contributed by atoms with van der Waals surface area (Å²) in [5.74, 6) is 0.524. The van der Waals surface area contributed by atoms with Crippen LogP contribution in [0.1, 0.15) is 12.5 Å². The zero-order valence-corrected chi connectivity index (χ0v) is 12.5. The monoisotopic (exact) mass is 292 g/mol. The zero-order valence-electron chi connectivity index (χ0n) is 12.5. The van der Waals surface area contributed by atoms with E-state index in [1.54, 1.807) is 18.2 Å². The van der Waals surface area contributed by atoms with Crippen LogP contribution in [0.4, 0.5) is 0 Å². The van der Waals surface area contributed by atoms with Crippen LogP contribution in [-0.2, 0) is 16.0 Å². The molecule has 1 fully saturated rings. The number of benzene rings is 1. The number of hydrogen-bond acceptors (Lipinski definition) is 4. The van der Waals surface area contributed by atoms with Crippen LogP contribution < -0.4 is 5.32 Å².